The van der Waals surface area contributed by atoms with Crippen LogP contribution in [0.4, 0.5) is 0 Å². The minimum Gasteiger partial charge on any atom is -0.423 e. The van der Waals surface area contributed by atoms with Gasteiger partial charge < -0.3 is 10.0 Å². The smallest absolute Gasteiger partial charge is 0.423 e. The van der Waals surface area contributed by atoms with E-state index >= 15 is 0 Å². The van der Waals surface area contributed by atoms with Crippen molar-refractivity contribution in [1.29, 1.82) is 0 Å². The summed E-state index contributed by atoms with van der Waals surface area (Å²) in [5, 5.41) is 20.2. The molecule has 0 atom stereocenters. The molecule has 14 rings (SSSR count). The van der Waals surface area contributed by atoms with Crippen LogP contribution in [0, 0.1) is 0 Å². The van der Waals surface area contributed by atoms with Gasteiger partial charge in [0.05, 0.1) is 4.88 Å². The van der Waals surface area contributed by atoms with E-state index in [2.05, 4.69) is 191 Å². The lowest BCUT2D eigenvalue weighted by atomic mass is 9.89. The average Bonchev–Trinajstić information content (AvgIpc) is 4.37. The molecule has 14 aromatic rings. The van der Waals surface area contributed by atoms with Crippen LogP contribution in [0.2, 0.25) is 5.28 Å². The molecule has 0 aliphatic heterocycles. The molecule has 12 heteroatoms. The summed E-state index contributed by atoms with van der Waals surface area (Å²) < 4.78 is 2.90. The highest BCUT2D eigenvalue weighted by Crippen LogP contribution is 2.35. The Morgan fingerprint density at radius 1 is 0.268 bits per heavy atom. The first-order valence-electron chi connectivity index (χ1n) is 26.5. The number of benzene rings is 10. The molecule has 0 saturated heterocycles. The normalized spacial score (nSPS) is 10.9. The molecule has 82 heavy (non-hydrogen) atoms. The van der Waals surface area contributed by atoms with Crippen LogP contribution in [0.1, 0.15) is 0 Å². The Labute approximate surface area is 488 Å². The third-order valence-corrected chi connectivity index (χ3v) is 16.0. The zero-order valence-corrected chi connectivity index (χ0v) is 46.3. The lowest BCUT2D eigenvalue weighted by Gasteiger charge is -2.09. The van der Waals surface area contributed by atoms with Gasteiger partial charge in [-0.1, -0.05) is 255 Å². The van der Waals surface area contributed by atoms with Gasteiger partial charge in [0.25, 0.3) is 0 Å². The van der Waals surface area contributed by atoms with Gasteiger partial charge in [0.15, 0.2) is 29.1 Å². The number of fused-ring (bicyclic) bond motifs is 2. The van der Waals surface area contributed by atoms with E-state index in [4.69, 9.17) is 36.6 Å². The highest BCUT2D eigenvalue weighted by atomic mass is 35.5. The number of aromatic nitrogens is 6. The van der Waals surface area contributed by atoms with E-state index in [-0.39, 0.29) is 5.28 Å². The molecule has 392 valence electrons. The molecule has 0 fully saturated rings. The third kappa shape index (κ3) is 12.6. The molecular weight excluding hydrogens is 1070 g/mol. The summed E-state index contributed by atoms with van der Waals surface area (Å²) in [5.41, 5.74) is 13.0. The van der Waals surface area contributed by atoms with Crippen molar-refractivity contribution >= 4 is 66.3 Å². The standard InChI is InChI=1S/C35H23N3S.C27H18ClN3.C8H7BO2S/c1-3-9-24(10-4-1)26-15-19-28(20-16-26)33-36-34(29-21-17-27(18-22-29)25-11-5-2-6-12-25)38-35(37-33)32-23-30-13-7-8-14-31(30)39-32;28-27-30-25(23-15-11-21(12-16-23)19-7-3-1-4-8-19)29-26(31-27)24-17-13-22(14-18-24)20-9-5-2-6-10-20;10-9(11)8-5-6-3-1-2-4-7(6)12-8/h1-23H;1-18H;1-5,10-11H. The van der Waals surface area contributed by atoms with Gasteiger partial charge in [0.2, 0.25) is 5.28 Å². The molecule has 0 radical (unpaired) electrons. The minimum atomic E-state index is -1.35. The molecule has 4 aromatic heterocycles. The third-order valence-electron chi connectivity index (χ3n) is 13.6. The van der Waals surface area contributed by atoms with Crippen LogP contribution >= 0.6 is 34.3 Å². The molecule has 0 spiro atoms. The summed E-state index contributed by atoms with van der Waals surface area (Å²) >= 11 is 9.35. The molecular formula is C70H48BClN6O2S2. The lowest BCUT2D eigenvalue weighted by Crippen LogP contribution is -2.26. The number of hydrogen-bond acceptors (Lipinski definition) is 10. The summed E-state index contributed by atoms with van der Waals surface area (Å²) in [6.07, 6.45) is 0. The van der Waals surface area contributed by atoms with Crippen molar-refractivity contribution in [3.8, 4) is 101 Å². The van der Waals surface area contributed by atoms with E-state index in [0.717, 1.165) is 59.5 Å². The molecule has 0 unspecified atom stereocenters. The monoisotopic (exact) mass is 1110 g/mol. The molecule has 0 aliphatic carbocycles. The Morgan fingerprint density at radius 3 is 0.866 bits per heavy atom. The number of hydrogen-bond donors (Lipinski definition) is 2. The van der Waals surface area contributed by atoms with E-state index in [1.807, 2.05) is 97.1 Å². The summed E-state index contributed by atoms with van der Waals surface area (Å²) in [6.45, 7) is 0. The molecule has 0 aliphatic rings. The second kappa shape index (κ2) is 24.8. The molecule has 4 heterocycles. The molecule has 0 saturated carbocycles. The van der Waals surface area contributed by atoms with Gasteiger partial charge in [-0.3, -0.25) is 0 Å². The van der Waals surface area contributed by atoms with Crippen molar-refractivity contribution in [2.45, 2.75) is 0 Å². The Kier molecular flexibility index (Phi) is 16.1. The van der Waals surface area contributed by atoms with E-state index < -0.39 is 7.12 Å². The highest BCUT2D eigenvalue weighted by Gasteiger charge is 2.17. The average molecular weight is 1120 g/mol. The van der Waals surface area contributed by atoms with Gasteiger partial charge in [-0.25, -0.2) is 19.9 Å². The summed E-state index contributed by atoms with van der Waals surface area (Å²) in [6, 6.07) is 94.6. The van der Waals surface area contributed by atoms with Crippen molar-refractivity contribution in [3.63, 3.8) is 0 Å². The number of halogens is 1. The lowest BCUT2D eigenvalue weighted by molar-refractivity contribution is 0.427. The maximum atomic E-state index is 8.89. The predicted octanol–water partition coefficient (Wildman–Crippen LogP) is 17.2. The zero-order chi connectivity index (χ0) is 55.6. The SMILES string of the molecule is Clc1nc(-c2ccc(-c3ccccc3)cc2)nc(-c2ccc(-c3ccccc3)cc2)n1.OB(O)c1cc2ccccc2s1.c1ccc(-c2ccc(-c3nc(-c4ccc(-c5ccccc5)cc4)nc(-c4cc5ccccc5s4)n3)cc2)cc1. The maximum Gasteiger partial charge on any atom is 0.499 e. The first-order valence-corrected chi connectivity index (χ1v) is 28.5. The van der Waals surface area contributed by atoms with E-state index in [1.54, 1.807) is 17.4 Å². The first kappa shape index (κ1) is 53.1. The molecule has 8 nitrogen and oxygen atoms in total. The number of nitrogens with zero attached hydrogens (tertiary/aromatic N) is 6. The van der Waals surface area contributed by atoms with Crippen LogP contribution in [-0.2, 0) is 0 Å². The fourth-order valence-electron chi connectivity index (χ4n) is 9.34. The molecule has 0 bridgehead atoms. The summed E-state index contributed by atoms with van der Waals surface area (Å²) in [4.78, 5) is 29.2. The second-order valence-corrected chi connectivity index (χ2v) is 21.6. The van der Waals surface area contributed by atoms with E-state index in [1.165, 1.54) is 43.7 Å². The van der Waals surface area contributed by atoms with Crippen molar-refractivity contribution in [2.75, 3.05) is 0 Å². The fourth-order valence-corrected chi connectivity index (χ4v) is 11.4. The zero-order valence-electron chi connectivity index (χ0n) is 43.9. The summed E-state index contributed by atoms with van der Waals surface area (Å²) in [5.74, 6) is 3.14. The Balaban J connectivity index is 0.000000137. The quantitative estimate of drug-likeness (QED) is 0.130. The van der Waals surface area contributed by atoms with E-state index in [0.29, 0.717) is 33.9 Å². The second-order valence-electron chi connectivity index (χ2n) is 19.0. The predicted molar refractivity (Wildman–Crippen MR) is 341 cm³/mol. The summed E-state index contributed by atoms with van der Waals surface area (Å²) in [7, 11) is -1.35. The largest absolute Gasteiger partial charge is 0.499 e. The molecule has 2 N–H and O–H groups in total. The van der Waals surface area contributed by atoms with Crippen molar-refractivity contribution in [1.82, 2.24) is 29.9 Å². The van der Waals surface area contributed by atoms with Crippen molar-refractivity contribution in [2.24, 2.45) is 0 Å². The Morgan fingerprint density at radius 2 is 0.537 bits per heavy atom. The van der Waals surface area contributed by atoms with Crippen LogP contribution in [-0.4, -0.2) is 47.1 Å². The molecule has 0 amide bonds. The van der Waals surface area contributed by atoms with Gasteiger partial charge >= 0.3 is 7.12 Å². The van der Waals surface area contributed by atoms with Crippen LogP contribution in [0.25, 0.3) is 121 Å². The topological polar surface area (TPSA) is 118 Å². The minimum absolute atomic E-state index is 0.180. The fraction of sp³-hybridized carbons (Fsp3) is 0. The maximum absolute atomic E-state index is 8.89. The van der Waals surface area contributed by atoms with E-state index in [9.17, 15) is 0 Å². The van der Waals surface area contributed by atoms with Gasteiger partial charge in [0.1, 0.15) is 0 Å². The van der Waals surface area contributed by atoms with Crippen molar-refractivity contribution < 1.29 is 10.0 Å². The number of thiophene rings is 2. The van der Waals surface area contributed by atoms with Crippen LogP contribution in [0.3, 0.4) is 0 Å². The highest BCUT2D eigenvalue weighted by molar-refractivity contribution is 7.27. The van der Waals surface area contributed by atoms with Crippen LogP contribution in [0.15, 0.2) is 279 Å². The molecule has 10 aromatic carbocycles. The van der Waals surface area contributed by atoms with Gasteiger partial charge in [-0.15, -0.1) is 22.7 Å². The Hall–Kier alpha value is -9.59. The number of rotatable bonds is 10. The Bertz CT molecular complexity index is 4130. The van der Waals surface area contributed by atoms with Crippen LogP contribution in [0.5, 0.6) is 0 Å². The van der Waals surface area contributed by atoms with Gasteiger partial charge in [0, 0.05) is 36.4 Å². The first-order chi connectivity index (χ1) is 40.3. The van der Waals surface area contributed by atoms with Crippen molar-refractivity contribution in [3.05, 3.63) is 284 Å². The van der Waals surface area contributed by atoms with Crippen LogP contribution < -0.4 is 4.78 Å². The van der Waals surface area contributed by atoms with Gasteiger partial charge in [-0.2, -0.15) is 9.97 Å². The van der Waals surface area contributed by atoms with Gasteiger partial charge in [-0.05, 0) is 91.1 Å².